The molecule has 1 N–H and O–H groups in total. The van der Waals surface area contributed by atoms with Crippen molar-refractivity contribution in [2.45, 2.75) is 45.4 Å². The smallest absolute Gasteiger partial charge is 0.293 e. The van der Waals surface area contributed by atoms with Crippen LogP contribution >= 0.6 is 0 Å². The van der Waals surface area contributed by atoms with Crippen LogP contribution in [0.3, 0.4) is 0 Å². The molecule has 2 rings (SSSR count). The van der Waals surface area contributed by atoms with E-state index in [4.69, 9.17) is 4.74 Å². The third-order valence-electron chi connectivity index (χ3n) is 3.37. The van der Waals surface area contributed by atoms with Gasteiger partial charge in [0.2, 0.25) is 0 Å². The Kier molecular flexibility index (Phi) is 4.15. The number of rotatable bonds is 2. The maximum atomic E-state index is 12.6. The maximum Gasteiger partial charge on any atom is 0.293 e. The highest BCUT2D eigenvalue weighted by molar-refractivity contribution is 5.37. The van der Waals surface area contributed by atoms with Crippen LogP contribution in [0.2, 0.25) is 0 Å². The molecule has 2 heterocycles. The van der Waals surface area contributed by atoms with E-state index in [1.807, 2.05) is 32.6 Å². The number of anilines is 1. The summed E-state index contributed by atoms with van der Waals surface area (Å²) in [5.41, 5.74) is -0.394. The molecule has 0 amide bonds. The van der Waals surface area contributed by atoms with Gasteiger partial charge in [-0.3, -0.25) is 4.79 Å². The van der Waals surface area contributed by atoms with E-state index in [9.17, 15) is 9.90 Å². The summed E-state index contributed by atoms with van der Waals surface area (Å²) in [6, 6.07) is 0. The lowest BCUT2D eigenvalue weighted by Gasteiger charge is -2.36. The molecule has 1 aromatic rings. The van der Waals surface area contributed by atoms with Gasteiger partial charge in [0, 0.05) is 31.0 Å². The predicted molar refractivity (Wildman–Crippen MR) is 77.1 cm³/mol. The SMILES string of the molecule is CC1CN(c2nccn(C(C)(C)C)c2=O)CC(CO)O1. The first kappa shape index (κ1) is 15.0. The van der Waals surface area contributed by atoms with Gasteiger partial charge in [-0.1, -0.05) is 0 Å². The molecular weight excluding hydrogens is 258 g/mol. The predicted octanol–water partition coefficient (Wildman–Crippen LogP) is 0.584. The zero-order chi connectivity index (χ0) is 14.9. The van der Waals surface area contributed by atoms with Gasteiger partial charge in [-0.15, -0.1) is 0 Å². The number of aliphatic hydroxyl groups is 1. The molecule has 0 radical (unpaired) electrons. The monoisotopic (exact) mass is 281 g/mol. The van der Waals surface area contributed by atoms with Crippen molar-refractivity contribution in [2.75, 3.05) is 24.6 Å². The van der Waals surface area contributed by atoms with Gasteiger partial charge in [0.15, 0.2) is 5.82 Å². The first-order valence-electron chi connectivity index (χ1n) is 6.92. The Hall–Kier alpha value is -1.40. The van der Waals surface area contributed by atoms with E-state index in [1.54, 1.807) is 17.0 Å². The normalized spacial score (nSPS) is 23.9. The maximum absolute atomic E-state index is 12.6. The number of nitrogens with zero attached hydrogens (tertiary/aromatic N) is 3. The van der Waals surface area contributed by atoms with Gasteiger partial charge in [-0.25, -0.2) is 4.98 Å². The minimum Gasteiger partial charge on any atom is -0.394 e. The number of aromatic nitrogens is 2. The van der Waals surface area contributed by atoms with Gasteiger partial charge in [0.25, 0.3) is 5.56 Å². The molecule has 112 valence electrons. The molecule has 1 aliphatic rings. The van der Waals surface area contributed by atoms with Crippen LogP contribution in [0.15, 0.2) is 17.2 Å². The average molecular weight is 281 g/mol. The average Bonchev–Trinajstić information content (AvgIpc) is 2.36. The Morgan fingerprint density at radius 3 is 2.75 bits per heavy atom. The quantitative estimate of drug-likeness (QED) is 0.859. The number of hydrogen-bond donors (Lipinski definition) is 1. The van der Waals surface area contributed by atoms with Gasteiger partial charge >= 0.3 is 0 Å². The molecule has 1 saturated heterocycles. The first-order valence-corrected chi connectivity index (χ1v) is 6.92. The van der Waals surface area contributed by atoms with Gasteiger partial charge in [0.1, 0.15) is 0 Å². The fourth-order valence-electron chi connectivity index (χ4n) is 2.47. The molecular formula is C14H23N3O3. The topological polar surface area (TPSA) is 67.6 Å². The van der Waals surface area contributed by atoms with Crippen molar-refractivity contribution in [1.29, 1.82) is 0 Å². The number of aliphatic hydroxyl groups excluding tert-OH is 1. The van der Waals surface area contributed by atoms with Crippen molar-refractivity contribution in [3.8, 4) is 0 Å². The van der Waals surface area contributed by atoms with Crippen LogP contribution in [0.1, 0.15) is 27.7 Å². The van der Waals surface area contributed by atoms with Crippen LogP contribution in [0.4, 0.5) is 5.82 Å². The third-order valence-corrected chi connectivity index (χ3v) is 3.37. The van der Waals surface area contributed by atoms with E-state index >= 15 is 0 Å². The summed E-state index contributed by atoms with van der Waals surface area (Å²) in [5, 5.41) is 9.27. The summed E-state index contributed by atoms with van der Waals surface area (Å²) in [6.07, 6.45) is 3.04. The lowest BCUT2D eigenvalue weighted by Crippen LogP contribution is -2.50. The Balaban J connectivity index is 2.36. The van der Waals surface area contributed by atoms with E-state index in [2.05, 4.69) is 4.98 Å². The molecule has 1 aliphatic heterocycles. The lowest BCUT2D eigenvalue weighted by atomic mass is 10.1. The Bertz CT molecular complexity index is 521. The summed E-state index contributed by atoms with van der Waals surface area (Å²) in [7, 11) is 0. The second kappa shape index (κ2) is 5.54. The van der Waals surface area contributed by atoms with Crippen molar-refractivity contribution in [2.24, 2.45) is 0 Å². The van der Waals surface area contributed by atoms with Crippen LogP contribution < -0.4 is 10.5 Å². The number of ether oxygens (including phenoxy) is 1. The van der Waals surface area contributed by atoms with Crippen molar-refractivity contribution < 1.29 is 9.84 Å². The molecule has 0 saturated carbocycles. The largest absolute Gasteiger partial charge is 0.394 e. The summed E-state index contributed by atoms with van der Waals surface area (Å²) >= 11 is 0. The van der Waals surface area contributed by atoms with Crippen molar-refractivity contribution in [3.05, 3.63) is 22.7 Å². The zero-order valence-corrected chi connectivity index (χ0v) is 12.5. The molecule has 2 unspecified atom stereocenters. The molecule has 1 fully saturated rings. The molecule has 6 heteroatoms. The van der Waals surface area contributed by atoms with E-state index in [0.29, 0.717) is 18.9 Å². The summed E-state index contributed by atoms with van der Waals surface area (Å²) < 4.78 is 7.28. The second-order valence-electron chi connectivity index (χ2n) is 6.25. The fourth-order valence-corrected chi connectivity index (χ4v) is 2.47. The highest BCUT2D eigenvalue weighted by Crippen LogP contribution is 2.17. The molecule has 0 bridgehead atoms. The van der Waals surface area contributed by atoms with E-state index < -0.39 is 0 Å². The van der Waals surface area contributed by atoms with Crippen molar-refractivity contribution in [1.82, 2.24) is 9.55 Å². The van der Waals surface area contributed by atoms with Crippen LogP contribution in [0.5, 0.6) is 0 Å². The molecule has 2 atom stereocenters. The van der Waals surface area contributed by atoms with E-state index in [1.165, 1.54) is 0 Å². The molecule has 0 aliphatic carbocycles. The van der Waals surface area contributed by atoms with Gasteiger partial charge in [-0.2, -0.15) is 0 Å². The van der Waals surface area contributed by atoms with Crippen LogP contribution in [0.25, 0.3) is 0 Å². The highest BCUT2D eigenvalue weighted by Gasteiger charge is 2.28. The summed E-state index contributed by atoms with van der Waals surface area (Å²) in [5.74, 6) is 0.427. The first-order chi connectivity index (χ1) is 9.32. The standard InChI is InChI=1S/C14H23N3O3/c1-10-7-16(8-11(9-18)20-10)12-13(19)17(6-5-15-12)14(2,3)4/h5-6,10-11,18H,7-9H2,1-4H3. The van der Waals surface area contributed by atoms with Gasteiger partial charge in [-0.05, 0) is 27.7 Å². The minimum atomic E-state index is -0.289. The summed E-state index contributed by atoms with van der Waals surface area (Å²) in [6.45, 7) is 8.91. The van der Waals surface area contributed by atoms with Crippen LogP contribution in [0, 0.1) is 0 Å². The molecule has 0 spiro atoms. The minimum absolute atomic E-state index is 0.0367. The molecule has 0 aromatic carbocycles. The van der Waals surface area contributed by atoms with E-state index in [0.717, 1.165) is 0 Å². The number of morpholine rings is 1. The Morgan fingerprint density at radius 1 is 1.45 bits per heavy atom. The van der Waals surface area contributed by atoms with Crippen molar-refractivity contribution >= 4 is 5.82 Å². The summed E-state index contributed by atoms with van der Waals surface area (Å²) in [4.78, 5) is 18.7. The van der Waals surface area contributed by atoms with Gasteiger partial charge in [0.05, 0.1) is 18.8 Å². The van der Waals surface area contributed by atoms with Crippen LogP contribution in [-0.2, 0) is 10.3 Å². The number of hydrogen-bond acceptors (Lipinski definition) is 5. The van der Waals surface area contributed by atoms with Crippen molar-refractivity contribution in [3.63, 3.8) is 0 Å². The Morgan fingerprint density at radius 2 is 2.15 bits per heavy atom. The zero-order valence-electron chi connectivity index (χ0n) is 12.5. The third kappa shape index (κ3) is 3.02. The second-order valence-corrected chi connectivity index (χ2v) is 6.25. The highest BCUT2D eigenvalue weighted by atomic mass is 16.5. The lowest BCUT2D eigenvalue weighted by molar-refractivity contribution is -0.0424. The van der Waals surface area contributed by atoms with E-state index in [-0.39, 0.29) is 29.9 Å². The molecule has 1 aromatic heterocycles. The molecule has 6 nitrogen and oxygen atoms in total. The fraction of sp³-hybridized carbons (Fsp3) is 0.714. The Labute approximate surface area is 119 Å². The van der Waals surface area contributed by atoms with Crippen LogP contribution in [-0.4, -0.2) is 46.6 Å². The molecule has 20 heavy (non-hydrogen) atoms. The van der Waals surface area contributed by atoms with Gasteiger partial charge < -0.3 is 19.3 Å².